The van der Waals surface area contributed by atoms with Crippen LogP contribution in [0.1, 0.15) is 284 Å². The summed E-state index contributed by atoms with van der Waals surface area (Å²) in [4.78, 5) is 25.5. The molecule has 9 heteroatoms. The monoisotopic (exact) mass is 1080 g/mol. The lowest BCUT2D eigenvalue weighted by Gasteiger charge is -2.29. The molecule has 0 spiro atoms. The zero-order valence-electron chi connectivity index (χ0n) is 50.4. The molecule has 76 heavy (non-hydrogen) atoms. The molecule has 8 nitrogen and oxygen atoms in total. The van der Waals surface area contributed by atoms with Gasteiger partial charge in [-0.2, -0.15) is 0 Å². The molecule has 2 N–H and O–H groups in total. The Balaban J connectivity index is 4.02. The average molecular weight is 1080 g/mol. The number of phosphoric acid groups is 1. The zero-order chi connectivity index (χ0) is 55.6. The number of carbonyl (C=O) groups excluding carboxylic acids is 1. The maximum atomic E-state index is 13.0. The Morgan fingerprint density at radius 2 is 0.816 bits per heavy atom. The first-order valence-corrected chi connectivity index (χ1v) is 33.4. The number of hydrogen-bond donors (Lipinski definition) is 2. The SMILES string of the molecule is CC/C=C\C/C=C\C/C=C\C/C=C\C/C=C\CCCCCCCCCCCCCCCCCCCCCCCC(=O)NC(COP(=O)([O-])OCC[N+](C)(C)C)C(O)/C=C/CC/C=C/CCCCCCCCCCCCC. The van der Waals surface area contributed by atoms with Crippen molar-refractivity contribution in [2.75, 3.05) is 40.9 Å². The molecule has 0 saturated carbocycles. The predicted molar refractivity (Wildman–Crippen MR) is 330 cm³/mol. The number of likely N-dealkylation sites (N-methyl/N-ethyl adjacent to an activating group) is 1. The molecule has 0 bridgehead atoms. The highest BCUT2D eigenvalue weighted by molar-refractivity contribution is 7.45. The molecule has 0 heterocycles. The van der Waals surface area contributed by atoms with Crippen molar-refractivity contribution in [3.8, 4) is 0 Å². The summed E-state index contributed by atoms with van der Waals surface area (Å²) in [7, 11) is 1.25. The van der Waals surface area contributed by atoms with E-state index >= 15 is 0 Å². The van der Waals surface area contributed by atoms with E-state index in [1.165, 1.54) is 193 Å². The maximum Gasteiger partial charge on any atom is 0.268 e. The Bertz CT molecular complexity index is 1510. The maximum absolute atomic E-state index is 13.0. The molecule has 0 rings (SSSR count). The van der Waals surface area contributed by atoms with Gasteiger partial charge in [-0.05, 0) is 77.0 Å². The summed E-state index contributed by atoms with van der Waals surface area (Å²) >= 11 is 0. The van der Waals surface area contributed by atoms with Gasteiger partial charge in [0.25, 0.3) is 7.82 Å². The van der Waals surface area contributed by atoms with Crippen LogP contribution in [-0.4, -0.2) is 68.5 Å². The standard InChI is InChI=1S/C67H123N2O6P/c1-6-8-10-12-14-16-18-20-22-24-25-26-27-28-29-30-31-32-33-34-35-36-37-38-39-40-41-42-43-45-47-49-51-53-55-57-59-61-67(71)68-65(64-75-76(72,73)74-63-62-69(3,4)5)66(70)60-58-56-54-52-50-48-46-44-23-21-19-17-15-13-11-9-7-2/h8,10,14,16,20,22,25-26,28-29,50,52,58,60,65-66,70H,6-7,9,11-13,15,17-19,21,23-24,27,30-49,51,53-57,59,61-64H2,1-5H3,(H-,68,71,72,73)/b10-8-,16-14-,22-20-,26-25-,29-28-,52-50+,60-58+. The van der Waals surface area contributed by atoms with E-state index in [0.717, 1.165) is 70.6 Å². The van der Waals surface area contributed by atoms with Gasteiger partial charge in [-0.15, -0.1) is 0 Å². The lowest BCUT2D eigenvalue weighted by molar-refractivity contribution is -0.870. The molecule has 1 amide bonds. The van der Waals surface area contributed by atoms with Gasteiger partial charge >= 0.3 is 0 Å². The third-order valence-corrected chi connectivity index (χ3v) is 15.1. The number of nitrogens with one attached hydrogen (secondary N) is 1. The van der Waals surface area contributed by atoms with Crippen molar-refractivity contribution < 1.29 is 32.9 Å². The van der Waals surface area contributed by atoms with Crippen LogP contribution in [-0.2, 0) is 18.4 Å². The van der Waals surface area contributed by atoms with E-state index in [9.17, 15) is 19.4 Å². The molecule has 0 radical (unpaired) electrons. The lowest BCUT2D eigenvalue weighted by Crippen LogP contribution is -2.45. The Morgan fingerprint density at radius 1 is 0.474 bits per heavy atom. The fourth-order valence-corrected chi connectivity index (χ4v) is 9.86. The van der Waals surface area contributed by atoms with E-state index in [0.29, 0.717) is 17.4 Å². The van der Waals surface area contributed by atoms with Crippen LogP contribution in [0, 0.1) is 0 Å². The first-order valence-electron chi connectivity index (χ1n) is 31.9. The number of phosphoric ester groups is 1. The third-order valence-electron chi connectivity index (χ3n) is 14.1. The quantitative estimate of drug-likeness (QED) is 0.0272. The molecule has 0 fully saturated rings. The second-order valence-corrected chi connectivity index (χ2v) is 24.1. The third kappa shape index (κ3) is 59.3. The van der Waals surface area contributed by atoms with Crippen LogP contribution < -0.4 is 10.2 Å². The Kier molecular flexibility index (Phi) is 55.6. The second kappa shape index (κ2) is 57.4. The molecular formula is C67H123N2O6P. The molecule has 3 unspecified atom stereocenters. The van der Waals surface area contributed by atoms with E-state index in [4.69, 9.17) is 9.05 Å². The fourth-order valence-electron chi connectivity index (χ4n) is 9.14. The topological polar surface area (TPSA) is 108 Å². The molecule has 0 aliphatic heterocycles. The number of nitrogens with zero attached hydrogens (tertiary/aromatic N) is 1. The molecule has 0 aliphatic carbocycles. The summed E-state index contributed by atoms with van der Waals surface area (Å²) in [6.07, 6.45) is 81.2. The number of allylic oxidation sites excluding steroid dienone is 13. The number of aliphatic hydroxyl groups excluding tert-OH is 1. The Hall–Kier alpha value is -2.32. The van der Waals surface area contributed by atoms with Gasteiger partial charge in [-0.25, -0.2) is 0 Å². The summed E-state index contributed by atoms with van der Waals surface area (Å²) < 4.78 is 23.4. The zero-order valence-corrected chi connectivity index (χ0v) is 51.3. The minimum absolute atomic E-state index is 0.00717. The van der Waals surface area contributed by atoms with Crippen molar-refractivity contribution in [2.24, 2.45) is 0 Å². The van der Waals surface area contributed by atoms with E-state index in [2.05, 4.69) is 92.1 Å². The van der Waals surface area contributed by atoms with Gasteiger partial charge in [-0.1, -0.05) is 285 Å². The highest BCUT2D eigenvalue weighted by Crippen LogP contribution is 2.38. The van der Waals surface area contributed by atoms with E-state index in [-0.39, 0.29) is 12.5 Å². The smallest absolute Gasteiger partial charge is 0.268 e. The Labute approximate surface area is 471 Å². The van der Waals surface area contributed by atoms with Gasteiger partial charge in [0, 0.05) is 6.42 Å². The van der Waals surface area contributed by atoms with Crippen molar-refractivity contribution in [2.45, 2.75) is 296 Å². The minimum Gasteiger partial charge on any atom is -0.756 e. The van der Waals surface area contributed by atoms with Crippen LogP contribution in [0.3, 0.4) is 0 Å². The van der Waals surface area contributed by atoms with E-state index in [1.54, 1.807) is 6.08 Å². The van der Waals surface area contributed by atoms with Crippen molar-refractivity contribution >= 4 is 13.7 Å². The van der Waals surface area contributed by atoms with E-state index < -0.39 is 26.6 Å². The van der Waals surface area contributed by atoms with Gasteiger partial charge in [0.1, 0.15) is 13.2 Å². The van der Waals surface area contributed by atoms with Gasteiger partial charge in [-0.3, -0.25) is 9.36 Å². The average Bonchev–Trinajstić information content (AvgIpc) is 3.38. The van der Waals surface area contributed by atoms with Gasteiger partial charge in [0.15, 0.2) is 0 Å². The minimum atomic E-state index is -4.61. The fraction of sp³-hybridized carbons (Fsp3) is 0.776. The van der Waals surface area contributed by atoms with Crippen LogP contribution in [0.2, 0.25) is 0 Å². The second-order valence-electron chi connectivity index (χ2n) is 22.7. The highest BCUT2D eigenvalue weighted by atomic mass is 31.2. The van der Waals surface area contributed by atoms with Crippen molar-refractivity contribution in [3.05, 3.63) is 85.1 Å². The van der Waals surface area contributed by atoms with Crippen molar-refractivity contribution in [3.63, 3.8) is 0 Å². The molecule has 0 aromatic carbocycles. The lowest BCUT2D eigenvalue weighted by atomic mass is 10.0. The first kappa shape index (κ1) is 73.7. The van der Waals surface area contributed by atoms with Crippen LogP contribution in [0.25, 0.3) is 0 Å². The number of rotatable bonds is 58. The number of carbonyl (C=O) groups is 1. The summed E-state index contributed by atoms with van der Waals surface area (Å²) in [6, 6.07) is -0.905. The summed E-state index contributed by atoms with van der Waals surface area (Å²) in [5.41, 5.74) is 0. The predicted octanol–water partition coefficient (Wildman–Crippen LogP) is 19.4. The number of unbranched alkanes of at least 4 members (excludes halogenated alkanes) is 33. The normalized spacial score (nSPS) is 14.4. The van der Waals surface area contributed by atoms with E-state index in [1.807, 2.05) is 27.2 Å². The van der Waals surface area contributed by atoms with Crippen LogP contribution >= 0.6 is 7.82 Å². The van der Waals surface area contributed by atoms with Crippen LogP contribution in [0.15, 0.2) is 85.1 Å². The van der Waals surface area contributed by atoms with Crippen molar-refractivity contribution in [1.82, 2.24) is 5.32 Å². The Morgan fingerprint density at radius 3 is 1.22 bits per heavy atom. The number of hydrogen-bond acceptors (Lipinski definition) is 6. The molecule has 0 saturated heterocycles. The molecule has 0 aliphatic rings. The summed E-state index contributed by atoms with van der Waals surface area (Å²) in [5, 5.41) is 13.9. The molecule has 0 aromatic rings. The highest BCUT2D eigenvalue weighted by Gasteiger charge is 2.23. The van der Waals surface area contributed by atoms with Crippen LogP contribution in [0.5, 0.6) is 0 Å². The van der Waals surface area contributed by atoms with Crippen molar-refractivity contribution in [1.29, 1.82) is 0 Å². The summed E-state index contributed by atoms with van der Waals surface area (Å²) in [5.74, 6) is -0.205. The number of quaternary nitrogens is 1. The number of aliphatic hydroxyl groups is 1. The molecule has 0 aromatic heterocycles. The first-order chi connectivity index (χ1) is 37.0. The molecular weight excluding hydrogens is 960 g/mol. The van der Waals surface area contributed by atoms with Gasteiger partial charge in [0.2, 0.25) is 5.91 Å². The van der Waals surface area contributed by atoms with Gasteiger partial charge < -0.3 is 28.8 Å². The van der Waals surface area contributed by atoms with Crippen LogP contribution in [0.4, 0.5) is 0 Å². The van der Waals surface area contributed by atoms with Gasteiger partial charge in [0.05, 0.1) is 39.9 Å². The largest absolute Gasteiger partial charge is 0.756 e. The molecule has 442 valence electrons. The molecule has 3 atom stereocenters. The number of amides is 1. The summed E-state index contributed by atoms with van der Waals surface area (Å²) in [6.45, 7) is 4.53.